The molecule has 1 saturated heterocycles. The van der Waals surface area contributed by atoms with E-state index < -0.39 is 0 Å². The summed E-state index contributed by atoms with van der Waals surface area (Å²) in [6.45, 7) is 1.73. The molecule has 0 spiro atoms. The number of nitrogens with one attached hydrogen (secondary N) is 1. The van der Waals surface area contributed by atoms with Crippen LogP contribution in [-0.4, -0.2) is 34.8 Å². The van der Waals surface area contributed by atoms with Crippen LogP contribution in [-0.2, 0) is 9.59 Å². The summed E-state index contributed by atoms with van der Waals surface area (Å²) < 4.78 is 0. The predicted molar refractivity (Wildman–Crippen MR) is 84.1 cm³/mol. The molecule has 1 N–H and O–H groups in total. The van der Waals surface area contributed by atoms with Gasteiger partial charge in [0.2, 0.25) is 11.8 Å². The van der Waals surface area contributed by atoms with Crippen molar-refractivity contribution in [2.24, 2.45) is 11.8 Å². The first-order valence-corrected chi connectivity index (χ1v) is 8.18. The molecule has 2 aliphatic rings. The Balaban J connectivity index is 1.48. The zero-order valence-electron chi connectivity index (χ0n) is 12.8. The average Bonchev–Trinajstić information content (AvgIpc) is 3.33. The summed E-state index contributed by atoms with van der Waals surface area (Å²) in [6.07, 6.45) is 8.67. The molecule has 3 rings (SSSR count). The van der Waals surface area contributed by atoms with Crippen LogP contribution < -0.4 is 5.32 Å². The number of hydrogen-bond acceptors (Lipinski definition) is 3. The van der Waals surface area contributed by atoms with Crippen LogP contribution in [0.1, 0.15) is 38.5 Å². The Kier molecular flexibility index (Phi) is 4.71. The van der Waals surface area contributed by atoms with Gasteiger partial charge in [-0.1, -0.05) is 0 Å². The van der Waals surface area contributed by atoms with Gasteiger partial charge in [-0.15, -0.1) is 0 Å². The van der Waals surface area contributed by atoms with E-state index in [9.17, 15) is 9.59 Å². The third-order valence-electron chi connectivity index (χ3n) is 4.52. The molecule has 0 radical (unpaired) electrons. The molecular formula is C17H23N3O2. The topological polar surface area (TPSA) is 62.3 Å². The maximum Gasteiger partial charge on any atom is 0.224 e. The fourth-order valence-corrected chi connectivity index (χ4v) is 3.01. The van der Waals surface area contributed by atoms with E-state index in [1.807, 2.05) is 11.0 Å². The minimum Gasteiger partial charge on any atom is -0.342 e. The molecule has 0 aromatic carbocycles. The lowest BCUT2D eigenvalue weighted by atomic mass is 9.96. The van der Waals surface area contributed by atoms with Crippen molar-refractivity contribution in [2.45, 2.75) is 38.5 Å². The highest BCUT2D eigenvalue weighted by atomic mass is 16.2. The molecule has 5 heteroatoms. The fourth-order valence-electron chi connectivity index (χ4n) is 3.01. The number of likely N-dealkylation sites (tertiary alicyclic amines) is 1. The van der Waals surface area contributed by atoms with Crippen molar-refractivity contribution >= 4 is 17.5 Å². The van der Waals surface area contributed by atoms with Gasteiger partial charge in [0.05, 0.1) is 11.9 Å². The van der Waals surface area contributed by atoms with Crippen LogP contribution in [0.25, 0.3) is 0 Å². The van der Waals surface area contributed by atoms with E-state index >= 15 is 0 Å². The Morgan fingerprint density at radius 2 is 2.14 bits per heavy atom. The van der Waals surface area contributed by atoms with Gasteiger partial charge in [-0.2, -0.15) is 0 Å². The quantitative estimate of drug-likeness (QED) is 0.908. The van der Waals surface area contributed by atoms with E-state index in [1.54, 1.807) is 18.5 Å². The molecule has 1 aliphatic heterocycles. The number of aromatic nitrogens is 1. The lowest BCUT2D eigenvalue weighted by Gasteiger charge is -2.20. The SMILES string of the molecule is O=C(CC1CCC(=O)N(CC2CC2)CC1)Nc1cccnc1. The van der Waals surface area contributed by atoms with E-state index in [1.165, 1.54) is 12.8 Å². The summed E-state index contributed by atoms with van der Waals surface area (Å²) in [6, 6.07) is 3.63. The van der Waals surface area contributed by atoms with Gasteiger partial charge in [-0.05, 0) is 49.7 Å². The van der Waals surface area contributed by atoms with Gasteiger partial charge in [0.15, 0.2) is 0 Å². The van der Waals surface area contributed by atoms with Crippen molar-refractivity contribution in [2.75, 3.05) is 18.4 Å². The van der Waals surface area contributed by atoms with Crippen LogP contribution in [0.3, 0.4) is 0 Å². The van der Waals surface area contributed by atoms with Crippen molar-refractivity contribution in [3.05, 3.63) is 24.5 Å². The molecule has 118 valence electrons. The number of nitrogens with zero attached hydrogens (tertiary/aromatic N) is 2. The minimum atomic E-state index is 0.0149. The van der Waals surface area contributed by atoms with Crippen molar-refractivity contribution in [3.63, 3.8) is 0 Å². The summed E-state index contributed by atoms with van der Waals surface area (Å²) in [5.41, 5.74) is 0.729. The molecule has 1 aliphatic carbocycles. The molecule has 1 atom stereocenters. The average molecular weight is 301 g/mol. The first-order valence-electron chi connectivity index (χ1n) is 8.18. The highest BCUT2D eigenvalue weighted by Gasteiger charge is 2.29. The molecule has 1 aromatic rings. The molecular weight excluding hydrogens is 278 g/mol. The third-order valence-corrected chi connectivity index (χ3v) is 4.52. The Morgan fingerprint density at radius 3 is 2.86 bits per heavy atom. The van der Waals surface area contributed by atoms with Crippen LogP contribution in [0.15, 0.2) is 24.5 Å². The first kappa shape index (κ1) is 15.0. The van der Waals surface area contributed by atoms with E-state index in [0.29, 0.717) is 18.8 Å². The maximum atomic E-state index is 12.1. The molecule has 1 saturated carbocycles. The highest BCUT2D eigenvalue weighted by Crippen LogP contribution is 2.31. The summed E-state index contributed by atoms with van der Waals surface area (Å²) in [7, 11) is 0. The molecule has 0 bridgehead atoms. The summed E-state index contributed by atoms with van der Waals surface area (Å²) in [4.78, 5) is 30.2. The summed E-state index contributed by atoms with van der Waals surface area (Å²) >= 11 is 0. The van der Waals surface area contributed by atoms with E-state index in [-0.39, 0.29) is 11.8 Å². The van der Waals surface area contributed by atoms with Crippen molar-refractivity contribution < 1.29 is 9.59 Å². The third kappa shape index (κ3) is 4.29. The van der Waals surface area contributed by atoms with Crippen molar-refractivity contribution in [1.82, 2.24) is 9.88 Å². The van der Waals surface area contributed by atoms with E-state index in [0.717, 1.165) is 37.5 Å². The van der Waals surface area contributed by atoms with Crippen LogP contribution in [0, 0.1) is 11.8 Å². The van der Waals surface area contributed by atoms with Crippen molar-refractivity contribution in [1.29, 1.82) is 0 Å². The first-order chi connectivity index (χ1) is 10.7. The Bertz CT molecular complexity index is 528. The van der Waals surface area contributed by atoms with Crippen LogP contribution in [0.2, 0.25) is 0 Å². The molecule has 1 aromatic heterocycles. The van der Waals surface area contributed by atoms with Crippen LogP contribution in [0.5, 0.6) is 0 Å². The van der Waals surface area contributed by atoms with Crippen molar-refractivity contribution in [3.8, 4) is 0 Å². The summed E-state index contributed by atoms with van der Waals surface area (Å²) in [5, 5.41) is 2.87. The zero-order chi connectivity index (χ0) is 15.4. The van der Waals surface area contributed by atoms with Gasteiger partial charge in [-0.25, -0.2) is 0 Å². The Morgan fingerprint density at radius 1 is 1.27 bits per heavy atom. The standard InChI is InChI=1S/C17H23N3O2/c21-16(19-15-2-1-8-18-11-15)10-13-5-6-17(22)20(9-7-13)12-14-3-4-14/h1-2,8,11,13-14H,3-7,9-10,12H2,(H,19,21). The van der Waals surface area contributed by atoms with Gasteiger partial charge in [0, 0.05) is 32.1 Å². The molecule has 2 heterocycles. The molecule has 22 heavy (non-hydrogen) atoms. The fraction of sp³-hybridized carbons (Fsp3) is 0.588. The zero-order valence-corrected chi connectivity index (χ0v) is 12.8. The van der Waals surface area contributed by atoms with Gasteiger partial charge < -0.3 is 10.2 Å². The second-order valence-corrected chi connectivity index (χ2v) is 6.47. The van der Waals surface area contributed by atoms with Crippen LogP contribution in [0.4, 0.5) is 5.69 Å². The Labute approximate surface area is 131 Å². The molecule has 2 amide bonds. The second kappa shape index (κ2) is 6.90. The van der Waals surface area contributed by atoms with Gasteiger partial charge in [0.25, 0.3) is 0 Å². The van der Waals surface area contributed by atoms with Crippen LogP contribution >= 0.6 is 0 Å². The lowest BCUT2D eigenvalue weighted by molar-refractivity contribution is -0.131. The number of hydrogen-bond donors (Lipinski definition) is 1. The highest BCUT2D eigenvalue weighted by molar-refractivity contribution is 5.90. The van der Waals surface area contributed by atoms with Gasteiger partial charge >= 0.3 is 0 Å². The van der Waals surface area contributed by atoms with E-state index in [4.69, 9.17) is 0 Å². The summed E-state index contributed by atoms with van der Waals surface area (Å²) in [5.74, 6) is 1.31. The molecule has 2 fully saturated rings. The number of amides is 2. The minimum absolute atomic E-state index is 0.0149. The second-order valence-electron chi connectivity index (χ2n) is 6.47. The lowest BCUT2D eigenvalue weighted by Crippen LogP contribution is -2.32. The monoisotopic (exact) mass is 301 g/mol. The number of carbonyl (C=O) groups excluding carboxylic acids is 2. The Hall–Kier alpha value is -1.91. The number of anilines is 1. The number of rotatable bonds is 5. The smallest absolute Gasteiger partial charge is 0.224 e. The molecule has 5 nitrogen and oxygen atoms in total. The largest absolute Gasteiger partial charge is 0.342 e. The number of carbonyl (C=O) groups is 2. The number of pyridine rings is 1. The molecule has 1 unspecified atom stereocenters. The van der Waals surface area contributed by atoms with E-state index in [2.05, 4.69) is 10.3 Å². The van der Waals surface area contributed by atoms with Gasteiger partial charge in [0.1, 0.15) is 0 Å². The van der Waals surface area contributed by atoms with Gasteiger partial charge in [-0.3, -0.25) is 14.6 Å². The predicted octanol–water partition coefficient (Wildman–Crippen LogP) is 2.45. The normalized spacial score (nSPS) is 22.3. The maximum absolute atomic E-state index is 12.1.